The molecule has 0 heterocycles. The maximum absolute atomic E-state index is 13.1. The number of amides is 1. The van der Waals surface area contributed by atoms with E-state index >= 15 is 0 Å². The van der Waals surface area contributed by atoms with Gasteiger partial charge in [0.25, 0.3) is 5.91 Å². The number of nitrogens with one attached hydrogen (secondary N) is 1. The summed E-state index contributed by atoms with van der Waals surface area (Å²) in [5, 5.41) is 0. The van der Waals surface area contributed by atoms with Crippen LogP contribution < -0.4 is 11.3 Å². The topological polar surface area (TPSA) is 55.1 Å². The molecule has 0 aliphatic carbocycles. The summed E-state index contributed by atoms with van der Waals surface area (Å²) >= 11 is 1.31. The van der Waals surface area contributed by atoms with Crippen molar-refractivity contribution >= 4 is 17.7 Å². The highest BCUT2D eigenvalue weighted by atomic mass is 32.2. The van der Waals surface area contributed by atoms with Crippen LogP contribution in [-0.2, 0) is 5.75 Å². The third-order valence-electron chi connectivity index (χ3n) is 2.68. The molecule has 0 aliphatic rings. The zero-order valence-electron chi connectivity index (χ0n) is 10.4. The first-order valence-electron chi connectivity index (χ1n) is 5.78. The van der Waals surface area contributed by atoms with Crippen LogP contribution in [0.1, 0.15) is 15.9 Å². The van der Waals surface area contributed by atoms with E-state index in [1.807, 2.05) is 0 Å². The number of rotatable bonds is 4. The fraction of sp³-hybridized carbons (Fsp3) is 0.0714. The van der Waals surface area contributed by atoms with Crippen molar-refractivity contribution < 1.29 is 13.6 Å². The van der Waals surface area contributed by atoms with Gasteiger partial charge in [-0.15, -0.1) is 11.8 Å². The molecule has 3 N–H and O–H groups in total. The quantitative estimate of drug-likeness (QED) is 0.394. The van der Waals surface area contributed by atoms with E-state index in [1.165, 1.54) is 17.8 Å². The number of hydrazine groups is 1. The molecule has 0 aliphatic heterocycles. The predicted octanol–water partition coefficient (Wildman–Crippen LogP) is 2.86. The van der Waals surface area contributed by atoms with Crippen molar-refractivity contribution in [3.05, 3.63) is 65.2 Å². The van der Waals surface area contributed by atoms with Crippen molar-refractivity contribution in [3.63, 3.8) is 0 Å². The maximum atomic E-state index is 13.1. The summed E-state index contributed by atoms with van der Waals surface area (Å²) in [5.74, 6) is 3.43. The van der Waals surface area contributed by atoms with Gasteiger partial charge in [-0.2, -0.15) is 0 Å². The lowest BCUT2D eigenvalue weighted by molar-refractivity contribution is 0.0953. The van der Waals surface area contributed by atoms with E-state index in [4.69, 9.17) is 5.84 Å². The summed E-state index contributed by atoms with van der Waals surface area (Å²) in [6.07, 6.45) is 0. The summed E-state index contributed by atoms with van der Waals surface area (Å²) in [5.41, 5.74) is 3.31. The SMILES string of the molecule is NNC(=O)c1ccccc1CSc1ccc(F)c(F)c1. The summed E-state index contributed by atoms with van der Waals surface area (Å²) in [4.78, 5) is 12.2. The van der Waals surface area contributed by atoms with Crippen molar-refractivity contribution in [2.24, 2.45) is 5.84 Å². The molecule has 0 saturated carbocycles. The lowest BCUT2D eigenvalue weighted by Gasteiger charge is -2.08. The summed E-state index contributed by atoms with van der Waals surface area (Å²) in [7, 11) is 0. The molecule has 3 nitrogen and oxygen atoms in total. The Morgan fingerprint density at radius 3 is 2.60 bits per heavy atom. The Balaban J connectivity index is 2.14. The number of nitrogens with two attached hydrogens (primary N) is 1. The molecule has 20 heavy (non-hydrogen) atoms. The van der Waals surface area contributed by atoms with Crippen molar-refractivity contribution in [2.75, 3.05) is 0 Å². The molecule has 104 valence electrons. The molecule has 6 heteroatoms. The van der Waals surface area contributed by atoms with Gasteiger partial charge in [-0.1, -0.05) is 18.2 Å². The third kappa shape index (κ3) is 3.34. The Bertz CT molecular complexity index is 634. The number of carbonyl (C=O) groups excluding carboxylic acids is 1. The van der Waals surface area contributed by atoms with Crippen LogP contribution in [0.2, 0.25) is 0 Å². The largest absolute Gasteiger partial charge is 0.290 e. The third-order valence-corrected chi connectivity index (χ3v) is 3.72. The van der Waals surface area contributed by atoms with Crippen molar-refractivity contribution in [1.29, 1.82) is 0 Å². The smallest absolute Gasteiger partial charge is 0.265 e. The fourth-order valence-corrected chi connectivity index (χ4v) is 2.60. The van der Waals surface area contributed by atoms with Gasteiger partial charge in [0.05, 0.1) is 0 Å². The van der Waals surface area contributed by atoms with Crippen LogP contribution >= 0.6 is 11.8 Å². The minimum Gasteiger partial charge on any atom is -0.290 e. The Morgan fingerprint density at radius 1 is 1.15 bits per heavy atom. The summed E-state index contributed by atoms with van der Waals surface area (Å²) in [6, 6.07) is 10.7. The molecule has 0 atom stereocenters. The van der Waals surface area contributed by atoms with Gasteiger partial charge in [-0.3, -0.25) is 10.2 Å². The molecule has 0 bridgehead atoms. The molecular weight excluding hydrogens is 282 g/mol. The fourth-order valence-electron chi connectivity index (χ4n) is 1.67. The van der Waals surface area contributed by atoms with E-state index in [0.29, 0.717) is 16.2 Å². The van der Waals surface area contributed by atoms with Crippen LogP contribution in [-0.4, -0.2) is 5.91 Å². The number of halogens is 2. The van der Waals surface area contributed by atoms with Gasteiger partial charge < -0.3 is 0 Å². The van der Waals surface area contributed by atoms with Gasteiger partial charge in [0, 0.05) is 16.2 Å². The Hall–Kier alpha value is -1.92. The number of hydrogen-bond donors (Lipinski definition) is 2. The minimum atomic E-state index is -0.886. The van der Waals surface area contributed by atoms with Crippen LogP contribution in [0.4, 0.5) is 8.78 Å². The normalized spacial score (nSPS) is 10.3. The van der Waals surface area contributed by atoms with E-state index in [-0.39, 0.29) is 5.91 Å². The van der Waals surface area contributed by atoms with Crippen LogP contribution in [0.5, 0.6) is 0 Å². The molecular formula is C14H12F2N2OS. The van der Waals surface area contributed by atoms with Crippen LogP contribution in [0, 0.1) is 11.6 Å². The highest BCUT2D eigenvalue weighted by molar-refractivity contribution is 7.98. The van der Waals surface area contributed by atoms with Gasteiger partial charge >= 0.3 is 0 Å². The zero-order valence-corrected chi connectivity index (χ0v) is 11.2. The lowest BCUT2D eigenvalue weighted by atomic mass is 10.1. The molecule has 0 unspecified atom stereocenters. The second-order valence-electron chi connectivity index (χ2n) is 4.00. The summed E-state index contributed by atoms with van der Waals surface area (Å²) in [6.45, 7) is 0. The molecule has 0 radical (unpaired) electrons. The monoisotopic (exact) mass is 294 g/mol. The number of hydrogen-bond acceptors (Lipinski definition) is 3. The van der Waals surface area contributed by atoms with E-state index in [9.17, 15) is 13.6 Å². The first kappa shape index (κ1) is 14.5. The molecule has 0 fully saturated rings. The summed E-state index contributed by atoms with van der Waals surface area (Å²) < 4.78 is 25.9. The second kappa shape index (κ2) is 6.49. The Labute approximate surface area is 119 Å². The standard InChI is InChI=1S/C14H12F2N2OS/c15-12-6-5-10(7-13(12)16)20-8-9-3-1-2-4-11(9)14(19)18-17/h1-7H,8,17H2,(H,18,19). The van der Waals surface area contributed by atoms with Crippen LogP contribution in [0.3, 0.4) is 0 Å². The zero-order chi connectivity index (χ0) is 14.5. The molecule has 2 aromatic carbocycles. The van der Waals surface area contributed by atoms with E-state index in [2.05, 4.69) is 5.43 Å². The molecule has 0 saturated heterocycles. The number of thioether (sulfide) groups is 1. The molecule has 2 aromatic rings. The van der Waals surface area contributed by atoms with Gasteiger partial charge in [-0.05, 0) is 29.8 Å². The molecule has 0 spiro atoms. The second-order valence-corrected chi connectivity index (χ2v) is 5.04. The van der Waals surface area contributed by atoms with Gasteiger partial charge in [-0.25, -0.2) is 14.6 Å². The minimum absolute atomic E-state index is 0.383. The Morgan fingerprint density at radius 2 is 1.90 bits per heavy atom. The molecule has 2 rings (SSSR count). The first-order valence-corrected chi connectivity index (χ1v) is 6.77. The number of nitrogen functional groups attached to an aromatic ring is 1. The van der Waals surface area contributed by atoms with Gasteiger partial charge in [0.2, 0.25) is 0 Å². The van der Waals surface area contributed by atoms with Crippen LogP contribution in [0.15, 0.2) is 47.4 Å². The first-order chi connectivity index (χ1) is 9.61. The predicted molar refractivity (Wildman–Crippen MR) is 74.0 cm³/mol. The van der Waals surface area contributed by atoms with Gasteiger partial charge in [0.1, 0.15) is 0 Å². The van der Waals surface area contributed by atoms with Gasteiger partial charge in [0.15, 0.2) is 11.6 Å². The average molecular weight is 294 g/mol. The Kier molecular flexibility index (Phi) is 4.70. The molecule has 0 aromatic heterocycles. The van der Waals surface area contributed by atoms with E-state index in [1.54, 1.807) is 24.3 Å². The average Bonchev–Trinajstić information content (AvgIpc) is 2.48. The number of benzene rings is 2. The van der Waals surface area contributed by atoms with Crippen molar-refractivity contribution in [2.45, 2.75) is 10.6 Å². The van der Waals surface area contributed by atoms with Crippen LogP contribution in [0.25, 0.3) is 0 Å². The highest BCUT2D eigenvalue weighted by Gasteiger charge is 2.10. The maximum Gasteiger partial charge on any atom is 0.265 e. The van der Waals surface area contributed by atoms with E-state index in [0.717, 1.165) is 17.7 Å². The number of carbonyl (C=O) groups is 1. The highest BCUT2D eigenvalue weighted by Crippen LogP contribution is 2.25. The van der Waals surface area contributed by atoms with E-state index < -0.39 is 11.6 Å². The lowest BCUT2D eigenvalue weighted by Crippen LogP contribution is -2.30. The van der Waals surface area contributed by atoms with Crippen molar-refractivity contribution in [3.8, 4) is 0 Å². The molecule has 1 amide bonds. The van der Waals surface area contributed by atoms with Crippen molar-refractivity contribution in [1.82, 2.24) is 5.43 Å².